The fourth-order valence-electron chi connectivity index (χ4n) is 1.52. The van der Waals surface area contributed by atoms with Gasteiger partial charge in [0.1, 0.15) is 5.76 Å². The Bertz CT molecular complexity index is 538. The van der Waals surface area contributed by atoms with Crippen molar-refractivity contribution in [1.29, 1.82) is 0 Å². The van der Waals surface area contributed by atoms with Gasteiger partial charge in [-0.25, -0.2) is 0 Å². The molecule has 0 radical (unpaired) electrons. The molecule has 0 saturated heterocycles. The lowest BCUT2D eigenvalue weighted by Gasteiger charge is -2.00. The molecule has 1 aromatic carbocycles. The lowest BCUT2D eigenvalue weighted by Crippen LogP contribution is -1.99. The molecule has 0 saturated carbocycles. The zero-order valence-corrected chi connectivity index (χ0v) is 12.3. The molecule has 1 heterocycles. The lowest BCUT2D eigenvalue weighted by molar-refractivity contribution is 0.101. The number of rotatable bonds is 3. The summed E-state index contributed by atoms with van der Waals surface area (Å²) in [5.41, 5.74) is 0.600. The lowest BCUT2D eigenvalue weighted by atomic mass is 10.1. The Morgan fingerprint density at radius 1 is 1.18 bits per heavy atom. The monoisotopic (exact) mass is 356 g/mol. The van der Waals surface area contributed by atoms with E-state index in [1.807, 2.05) is 19.1 Å². The van der Waals surface area contributed by atoms with E-state index in [1.54, 1.807) is 18.2 Å². The van der Waals surface area contributed by atoms with Gasteiger partial charge in [-0.1, -0.05) is 38.8 Å². The van der Waals surface area contributed by atoms with Crippen LogP contribution in [-0.2, 0) is 6.42 Å². The van der Waals surface area contributed by atoms with Crippen LogP contribution in [0.4, 0.5) is 0 Å². The predicted octanol–water partition coefficient (Wildman–Crippen LogP) is 4.60. The maximum absolute atomic E-state index is 12.1. The first-order valence-corrected chi connectivity index (χ1v) is 6.78. The normalized spacial score (nSPS) is 10.5. The van der Waals surface area contributed by atoms with Crippen LogP contribution in [0.2, 0.25) is 0 Å². The molecule has 0 N–H and O–H groups in total. The number of furan rings is 1. The summed E-state index contributed by atoms with van der Waals surface area (Å²) in [6.45, 7) is 1.99. The molecular weight excluding hydrogens is 348 g/mol. The molecule has 0 atom stereocenters. The second-order valence-electron chi connectivity index (χ2n) is 3.61. The SMILES string of the molecule is CCc1ccc(C(=O)c2cc(Br)cc(Br)c2)o1. The van der Waals surface area contributed by atoms with Crippen molar-refractivity contribution in [3.63, 3.8) is 0 Å². The summed E-state index contributed by atoms with van der Waals surface area (Å²) in [5, 5.41) is 0. The summed E-state index contributed by atoms with van der Waals surface area (Å²) in [6.07, 6.45) is 0.787. The van der Waals surface area contributed by atoms with E-state index in [4.69, 9.17) is 4.42 Å². The third kappa shape index (κ3) is 2.87. The van der Waals surface area contributed by atoms with Crippen molar-refractivity contribution in [1.82, 2.24) is 0 Å². The highest BCUT2D eigenvalue weighted by Gasteiger charge is 2.14. The minimum absolute atomic E-state index is 0.105. The van der Waals surface area contributed by atoms with Gasteiger partial charge < -0.3 is 4.42 Å². The third-order valence-electron chi connectivity index (χ3n) is 2.36. The minimum atomic E-state index is -0.105. The van der Waals surface area contributed by atoms with Crippen LogP contribution in [0.5, 0.6) is 0 Å². The molecule has 2 aromatic rings. The Balaban J connectivity index is 2.36. The average Bonchev–Trinajstić information content (AvgIpc) is 2.75. The third-order valence-corrected chi connectivity index (χ3v) is 3.27. The van der Waals surface area contributed by atoms with Gasteiger partial charge in [0, 0.05) is 20.9 Å². The van der Waals surface area contributed by atoms with Crippen LogP contribution in [0.3, 0.4) is 0 Å². The van der Waals surface area contributed by atoms with Gasteiger partial charge in [-0.05, 0) is 30.3 Å². The Morgan fingerprint density at radius 2 is 1.82 bits per heavy atom. The number of hydrogen-bond acceptors (Lipinski definition) is 2. The zero-order chi connectivity index (χ0) is 12.4. The van der Waals surface area contributed by atoms with E-state index in [1.165, 1.54) is 0 Å². The van der Waals surface area contributed by atoms with E-state index in [2.05, 4.69) is 31.9 Å². The summed E-state index contributed by atoms with van der Waals surface area (Å²) in [4.78, 5) is 12.1. The molecule has 0 fully saturated rings. The van der Waals surface area contributed by atoms with Crippen LogP contribution in [-0.4, -0.2) is 5.78 Å². The second kappa shape index (κ2) is 5.19. The Hall–Kier alpha value is -0.870. The molecule has 17 heavy (non-hydrogen) atoms. The van der Waals surface area contributed by atoms with Crippen LogP contribution < -0.4 is 0 Å². The molecule has 0 aliphatic rings. The number of halogens is 2. The number of ketones is 1. The first kappa shape index (κ1) is 12.6. The fourth-order valence-corrected chi connectivity index (χ4v) is 2.81. The maximum atomic E-state index is 12.1. The largest absolute Gasteiger partial charge is 0.458 e. The number of benzene rings is 1. The van der Waals surface area contributed by atoms with Gasteiger partial charge in [-0.3, -0.25) is 4.79 Å². The quantitative estimate of drug-likeness (QED) is 0.751. The van der Waals surface area contributed by atoms with Gasteiger partial charge in [-0.15, -0.1) is 0 Å². The molecule has 0 spiro atoms. The van der Waals surface area contributed by atoms with Crippen LogP contribution >= 0.6 is 31.9 Å². The Kier molecular flexibility index (Phi) is 3.84. The van der Waals surface area contributed by atoms with E-state index in [0.29, 0.717) is 11.3 Å². The first-order valence-electron chi connectivity index (χ1n) is 5.19. The average molecular weight is 358 g/mol. The number of carbonyl (C=O) groups excluding carboxylic acids is 1. The van der Waals surface area contributed by atoms with Gasteiger partial charge in [-0.2, -0.15) is 0 Å². The van der Waals surface area contributed by atoms with Crippen LogP contribution in [0, 0.1) is 0 Å². The van der Waals surface area contributed by atoms with Crippen molar-refractivity contribution in [2.75, 3.05) is 0 Å². The molecule has 2 nitrogen and oxygen atoms in total. The van der Waals surface area contributed by atoms with Crippen molar-refractivity contribution in [3.8, 4) is 0 Å². The molecule has 0 aliphatic carbocycles. The number of carbonyl (C=O) groups is 1. The summed E-state index contributed by atoms with van der Waals surface area (Å²) < 4.78 is 7.17. The van der Waals surface area contributed by atoms with E-state index in [-0.39, 0.29) is 5.78 Å². The number of aryl methyl sites for hydroxylation is 1. The molecule has 0 amide bonds. The molecule has 0 aliphatic heterocycles. The van der Waals surface area contributed by atoms with Crippen molar-refractivity contribution >= 4 is 37.6 Å². The summed E-state index contributed by atoms with van der Waals surface area (Å²) >= 11 is 6.72. The van der Waals surface area contributed by atoms with Crippen molar-refractivity contribution < 1.29 is 9.21 Å². The minimum Gasteiger partial charge on any atom is -0.458 e. The van der Waals surface area contributed by atoms with E-state index < -0.39 is 0 Å². The highest BCUT2D eigenvalue weighted by atomic mass is 79.9. The highest BCUT2D eigenvalue weighted by molar-refractivity contribution is 9.11. The second-order valence-corrected chi connectivity index (χ2v) is 5.44. The van der Waals surface area contributed by atoms with Gasteiger partial charge in [0.2, 0.25) is 5.78 Å². The van der Waals surface area contributed by atoms with Gasteiger partial charge >= 0.3 is 0 Å². The van der Waals surface area contributed by atoms with E-state index in [9.17, 15) is 4.79 Å². The Morgan fingerprint density at radius 3 is 2.35 bits per heavy atom. The van der Waals surface area contributed by atoms with Gasteiger partial charge in [0.05, 0.1) is 0 Å². The van der Waals surface area contributed by atoms with Crippen molar-refractivity contribution in [2.45, 2.75) is 13.3 Å². The molecule has 0 bridgehead atoms. The predicted molar refractivity (Wildman–Crippen MR) is 73.4 cm³/mol. The highest BCUT2D eigenvalue weighted by Crippen LogP contribution is 2.22. The number of hydrogen-bond donors (Lipinski definition) is 0. The Labute approximate surface area is 116 Å². The van der Waals surface area contributed by atoms with Crippen molar-refractivity contribution in [3.05, 3.63) is 56.4 Å². The molecule has 2 rings (SSSR count). The fraction of sp³-hybridized carbons (Fsp3) is 0.154. The molecule has 0 unspecified atom stereocenters. The smallest absolute Gasteiger partial charge is 0.228 e. The maximum Gasteiger partial charge on any atom is 0.228 e. The van der Waals surface area contributed by atoms with Crippen LogP contribution in [0.15, 0.2) is 43.7 Å². The van der Waals surface area contributed by atoms with Gasteiger partial charge in [0.25, 0.3) is 0 Å². The van der Waals surface area contributed by atoms with E-state index >= 15 is 0 Å². The summed E-state index contributed by atoms with van der Waals surface area (Å²) in [5.74, 6) is 1.10. The standard InChI is InChI=1S/C13H10Br2O2/c1-2-11-3-4-12(17-11)13(16)8-5-9(14)7-10(15)6-8/h3-7H,2H2,1H3. The topological polar surface area (TPSA) is 30.2 Å². The van der Waals surface area contributed by atoms with E-state index in [0.717, 1.165) is 21.1 Å². The summed E-state index contributed by atoms with van der Waals surface area (Å²) in [6, 6.07) is 9.00. The van der Waals surface area contributed by atoms with Crippen molar-refractivity contribution in [2.24, 2.45) is 0 Å². The van der Waals surface area contributed by atoms with Crippen LogP contribution in [0.25, 0.3) is 0 Å². The molecular formula is C13H10Br2O2. The first-order chi connectivity index (χ1) is 8.10. The summed E-state index contributed by atoms with van der Waals surface area (Å²) in [7, 11) is 0. The molecule has 1 aromatic heterocycles. The van der Waals surface area contributed by atoms with Gasteiger partial charge in [0.15, 0.2) is 5.76 Å². The molecule has 88 valence electrons. The molecule has 4 heteroatoms. The zero-order valence-electron chi connectivity index (χ0n) is 9.17. The van der Waals surface area contributed by atoms with Crippen LogP contribution in [0.1, 0.15) is 28.8 Å².